The van der Waals surface area contributed by atoms with Crippen molar-refractivity contribution in [3.8, 4) is 17.0 Å². The maximum Gasteiger partial charge on any atom is 0.244 e. The lowest BCUT2D eigenvalue weighted by atomic mass is 10.00. The minimum atomic E-state index is 0.0848. The zero-order valence-electron chi connectivity index (χ0n) is 20.6. The van der Waals surface area contributed by atoms with Crippen molar-refractivity contribution >= 4 is 34.3 Å². The molecule has 36 heavy (non-hydrogen) atoms. The lowest BCUT2D eigenvalue weighted by Crippen LogP contribution is -2.38. The van der Waals surface area contributed by atoms with Crippen LogP contribution in [0.25, 0.3) is 22.0 Å². The topological polar surface area (TPSA) is 110 Å². The Bertz CT molecular complexity index is 1480. The molecule has 6 rings (SSSR count). The van der Waals surface area contributed by atoms with Gasteiger partial charge in [-0.3, -0.25) is 9.48 Å². The summed E-state index contributed by atoms with van der Waals surface area (Å²) in [5.74, 6) is 1.82. The smallest absolute Gasteiger partial charge is 0.244 e. The lowest BCUT2D eigenvalue weighted by Gasteiger charge is -2.24. The zero-order chi connectivity index (χ0) is 24.8. The summed E-state index contributed by atoms with van der Waals surface area (Å²) in [6.07, 6.45) is 4.41. The van der Waals surface area contributed by atoms with Crippen LogP contribution in [0.3, 0.4) is 0 Å². The highest BCUT2D eigenvalue weighted by Gasteiger charge is 2.24. The molecule has 1 aromatic carbocycles. The minimum Gasteiger partial charge on any atom is -0.474 e. The van der Waals surface area contributed by atoms with Crippen LogP contribution in [-0.2, 0) is 17.8 Å². The first-order valence-electron chi connectivity index (χ1n) is 12.2. The molecule has 184 valence electrons. The number of aromatic nitrogens is 5. The molecule has 0 aliphatic carbocycles. The van der Waals surface area contributed by atoms with Crippen molar-refractivity contribution < 1.29 is 9.53 Å². The van der Waals surface area contributed by atoms with E-state index < -0.39 is 0 Å². The van der Waals surface area contributed by atoms with E-state index in [0.717, 1.165) is 51.9 Å². The van der Waals surface area contributed by atoms with Gasteiger partial charge in [0.2, 0.25) is 17.7 Å². The molecular weight excluding hydrogens is 456 g/mol. The molecule has 0 fully saturated rings. The quantitative estimate of drug-likeness (QED) is 0.453. The summed E-state index contributed by atoms with van der Waals surface area (Å²) in [5, 5.41) is 12.1. The average molecular weight is 485 g/mol. The molecule has 5 heterocycles. The van der Waals surface area contributed by atoms with Crippen molar-refractivity contribution in [3.05, 3.63) is 47.9 Å². The summed E-state index contributed by atoms with van der Waals surface area (Å²) in [7, 11) is 0. The van der Waals surface area contributed by atoms with Gasteiger partial charge in [0.1, 0.15) is 18.8 Å². The molecule has 0 atom stereocenters. The van der Waals surface area contributed by atoms with Gasteiger partial charge in [0.05, 0.1) is 5.52 Å². The Labute approximate surface area is 208 Å². The van der Waals surface area contributed by atoms with Gasteiger partial charge in [-0.2, -0.15) is 5.10 Å². The van der Waals surface area contributed by atoms with Crippen molar-refractivity contribution in [1.29, 1.82) is 0 Å². The maximum absolute atomic E-state index is 12.6. The summed E-state index contributed by atoms with van der Waals surface area (Å²) in [5.41, 5.74) is 5.92. The summed E-state index contributed by atoms with van der Waals surface area (Å²) in [4.78, 5) is 28.2. The van der Waals surface area contributed by atoms with Gasteiger partial charge in [-0.25, -0.2) is 15.0 Å². The first-order chi connectivity index (χ1) is 17.5. The number of fused-ring (bicyclic) bond motifs is 3. The van der Waals surface area contributed by atoms with Gasteiger partial charge in [0, 0.05) is 60.7 Å². The standard InChI is InChI=1S/C26H28N8O2/c1-15(2)33-8-6-19-11-22(32-34(19)14-23(33)35)31-26-29-12-18-5-4-17(10-21(18)30-26)20-13-28-25-24(16(20)3)27-7-9-36-25/h4-5,10-13,15,27H,6-9,14H2,1-3H3,(H,29,30,31,32). The highest BCUT2D eigenvalue weighted by Crippen LogP contribution is 2.36. The predicted octanol–water partition coefficient (Wildman–Crippen LogP) is 3.54. The number of ether oxygens (including phenoxy) is 1. The Balaban J connectivity index is 1.27. The summed E-state index contributed by atoms with van der Waals surface area (Å²) < 4.78 is 7.44. The Morgan fingerprint density at radius 2 is 2.06 bits per heavy atom. The van der Waals surface area contributed by atoms with Crippen molar-refractivity contribution in [1.82, 2.24) is 29.6 Å². The Morgan fingerprint density at radius 1 is 1.17 bits per heavy atom. The van der Waals surface area contributed by atoms with E-state index in [1.807, 2.05) is 43.1 Å². The normalized spacial score (nSPS) is 15.2. The molecule has 0 saturated carbocycles. The Morgan fingerprint density at radius 3 is 2.92 bits per heavy atom. The zero-order valence-corrected chi connectivity index (χ0v) is 20.6. The molecule has 10 nitrogen and oxygen atoms in total. The van der Waals surface area contributed by atoms with Crippen molar-refractivity contribution in [3.63, 3.8) is 0 Å². The van der Waals surface area contributed by atoms with Gasteiger partial charge in [-0.05, 0) is 38.0 Å². The molecule has 3 aromatic heterocycles. The van der Waals surface area contributed by atoms with Crippen molar-refractivity contribution in [2.75, 3.05) is 30.3 Å². The molecule has 2 aliphatic heterocycles. The van der Waals surface area contributed by atoms with Gasteiger partial charge < -0.3 is 20.3 Å². The number of hydrogen-bond acceptors (Lipinski definition) is 8. The minimum absolute atomic E-state index is 0.0848. The van der Waals surface area contributed by atoms with E-state index in [1.165, 1.54) is 0 Å². The van der Waals surface area contributed by atoms with Crippen molar-refractivity contribution in [2.24, 2.45) is 0 Å². The van der Waals surface area contributed by atoms with E-state index >= 15 is 0 Å². The average Bonchev–Trinajstić information content (AvgIpc) is 3.16. The van der Waals surface area contributed by atoms with Gasteiger partial charge in [0.15, 0.2) is 5.82 Å². The molecule has 0 bridgehead atoms. The molecule has 0 spiro atoms. The highest BCUT2D eigenvalue weighted by atomic mass is 16.5. The van der Waals surface area contributed by atoms with Gasteiger partial charge in [-0.15, -0.1) is 0 Å². The number of rotatable bonds is 4. The fraction of sp³-hybridized carbons (Fsp3) is 0.346. The monoisotopic (exact) mass is 484 g/mol. The number of hydrogen-bond donors (Lipinski definition) is 2. The van der Waals surface area contributed by atoms with Crippen LogP contribution in [0, 0.1) is 6.92 Å². The van der Waals surface area contributed by atoms with E-state index in [2.05, 4.69) is 38.7 Å². The number of amides is 1. The molecule has 2 N–H and O–H groups in total. The summed E-state index contributed by atoms with van der Waals surface area (Å²) in [6.45, 7) is 8.46. The second-order valence-corrected chi connectivity index (χ2v) is 9.45. The Hall–Kier alpha value is -4.21. The number of pyridine rings is 1. The summed E-state index contributed by atoms with van der Waals surface area (Å²) >= 11 is 0. The predicted molar refractivity (Wildman–Crippen MR) is 138 cm³/mol. The summed E-state index contributed by atoms with van der Waals surface area (Å²) in [6, 6.07) is 8.27. The Kier molecular flexibility index (Phi) is 5.43. The highest BCUT2D eigenvalue weighted by molar-refractivity contribution is 5.86. The molecule has 4 aromatic rings. The molecule has 0 saturated heterocycles. The van der Waals surface area contributed by atoms with E-state index in [0.29, 0.717) is 30.8 Å². The third-order valence-corrected chi connectivity index (χ3v) is 6.78. The number of carbonyl (C=O) groups is 1. The SMILES string of the molecule is Cc1c(-c2ccc3cnc(Nc4cc5n(n4)CC(=O)N(C(C)C)CC5)nc3c2)cnc2c1NCCO2. The second kappa shape index (κ2) is 8.78. The van der Waals surface area contributed by atoms with E-state index in [1.54, 1.807) is 10.9 Å². The first-order valence-corrected chi connectivity index (χ1v) is 12.2. The second-order valence-electron chi connectivity index (χ2n) is 9.45. The maximum atomic E-state index is 12.6. The largest absolute Gasteiger partial charge is 0.474 e. The van der Waals surface area contributed by atoms with Crippen LogP contribution in [-0.4, -0.2) is 61.3 Å². The third kappa shape index (κ3) is 3.98. The first kappa shape index (κ1) is 22.3. The molecule has 2 aliphatic rings. The van der Waals surface area contributed by atoms with Crippen LogP contribution in [0.4, 0.5) is 17.5 Å². The number of benzene rings is 1. The van der Waals surface area contributed by atoms with Crippen LogP contribution in [0.5, 0.6) is 5.88 Å². The van der Waals surface area contributed by atoms with Crippen LogP contribution in [0.2, 0.25) is 0 Å². The van der Waals surface area contributed by atoms with E-state index in [9.17, 15) is 4.79 Å². The number of anilines is 3. The lowest BCUT2D eigenvalue weighted by molar-refractivity contribution is -0.133. The molecular formula is C26H28N8O2. The fourth-order valence-corrected chi connectivity index (χ4v) is 4.86. The van der Waals surface area contributed by atoms with Crippen molar-refractivity contribution in [2.45, 2.75) is 39.8 Å². The van der Waals surface area contributed by atoms with Crippen LogP contribution in [0.15, 0.2) is 36.7 Å². The van der Waals surface area contributed by atoms with Gasteiger partial charge >= 0.3 is 0 Å². The van der Waals surface area contributed by atoms with E-state index in [-0.39, 0.29) is 18.5 Å². The van der Waals surface area contributed by atoms with Crippen LogP contribution in [0.1, 0.15) is 25.1 Å². The number of nitrogens with one attached hydrogen (secondary N) is 2. The number of carbonyl (C=O) groups excluding carboxylic acids is 1. The van der Waals surface area contributed by atoms with Crippen LogP contribution < -0.4 is 15.4 Å². The molecule has 10 heteroatoms. The molecule has 0 radical (unpaired) electrons. The molecule has 1 amide bonds. The van der Waals surface area contributed by atoms with Gasteiger partial charge in [0.25, 0.3) is 0 Å². The number of nitrogens with zero attached hydrogens (tertiary/aromatic N) is 6. The van der Waals surface area contributed by atoms with E-state index in [4.69, 9.17) is 9.72 Å². The van der Waals surface area contributed by atoms with Gasteiger partial charge in [-0.1, -0.05) is 12.1 Å². The molecule has 0 unspecified atom stereocenters. The third-order valence-electron chi connectivity index (χ3n) is 6.78. The fourth-order valence-electron chi connectivity index (χ4n) is 4.86. The van der Waals surface area contributed by atoms with Crippen LogP contribution >= 0.6 is 0 Å².